The van der Waals surface area contributed by atoms with Crippen molar-refractivity contribution in [3.8, 4) is 0 Å². The highest BCUT2D eigenvalue weighted by Gasteiger charge is 2.35. The van der Waals surface area contributed by atoms with Crippen LogP contribution in [0.4, 0.5) is 19.0 Å². The number of nitrogens with zero attached hydrogens (tertiary/aromatic N) is 2. The Morgan fingerprint density at radius 3 is 2.62 bits per heavy atom. The number of thiocarbonyl (C=S) groups is 1. The summed E-state index contributed by atoms with van der Waals surface area (Å²) < 4.78 is 44.1. The van der Waals surface area contributed by atoms with Gasteiger partial charge in [-0.25, -0.2) is 4.98 Å². The summed E-state index contributed by atoms with van der Waals surface area (Å²) in [5.41, 5.74) is 4.52. The lowest BCUT2D eigenvalue weighted by Gasteiger charge is -2.39. The molecule has 8 heteroatoms. The molecule has 0 amide bonds. The lowest BCUT2D eigenvalue weighted by molar-refractivity contribution is -0.141. The standard InChI is InChI=1S/C13H16F3N3OS/c1-12(2)7-19(5-6-20-12)11-8(10(17)21)3-4-9(18-11)13(14,15)16/h3-4H,5-7H2,1-2H3,(H2,17,21). The van der Waals surface area contributed by atoms with Crippen molar-refractivity contribution >= 4 is 23.0 Å². The normalized spacial score (nSPS) is 18.6. The third kappa shape index (κ3) is 3.62. The van der Waals surface area contributed by atoms with Crippen molar-refractivity contribution in [2.45, 2.75) is 25.6 Å². The molecule has 4 nitrogen and oxygen atoms in total. The second-order valence-corrected chi connectivity index (χ2v) is 5.90. The summed E-state index contributed by atoms with van der Waals surface area (Å²) in [4.78, 5) is 5.49. The first-order valence-electron chi connectivity index (χ1n) is 6.37. The summed E-state index contributed by atoms with van der Waals surface area (Å²) in [6.45, 7) is 4.99. The molecule has 0 aromatic carbocycles. The quantitative estimate of drug-likeness (QED) is 0.848. The number of aromatic nitrogens is 1. The molecule has 1 aromatic heterocycles. The van der Waals surface area contributed by atoms with Crippen molar-refractivity contribution < 1.29 is 17.9 Å². The van der Waals surface area contributed by atoms with Crippen molar-refractivity contribution in [2.75, 3.05) is 24.6 Å². The van der Waals surface area contributed by atoms with E-state index >= 15 is 0 Å². The molecule has 2 heterocycles. The second kappa shape index (κ2) is 5.42. The maximum Gasteiger partial charge on any atom is 0.433 e. The first kappa shape index (κ1) is 16.0. The molecule has 0 aliphatic carbocycles. The van der Waals surface area contributed by atoms with Crippen molar-refractivity contribution in [3.05, 3.63) is 23.4 Å². The van der Waals surface area contributed by atoms with Crippen LogP contribution in [0.3, 0.4) is 0 Å². The SMILES string of the molecule is CC1(C)CN(c2nc(C(F)(F)F)ccc2C(N)=S)CCO1. The zero-order valence-electron chi connectivity index (χ0n) is 11.7. The van der Waals surface area contributed by atoms with Crippen LogP contribution in [0.1, 0.15) is 25.1 Å². The number of ether oxygens (including phenoxy) is 1. The molecule has 2 rings (SSSR count). The number of halogens is 3. The van der Waals surface area contributed by atoms with Crippen LogP contribution in [0, 0.1) is 0 Å². The molecule has 1 aliphatic heterocycles. The predicted octanol–water partition coefficient (Wildman–Crippen LogP) is 2.35. The van der Waals surface area contributed by atoms with Crippen molar-refractivity contribution in [3.63, 3.8) is 0 Å². The van der Waals surface area contributed by atoms with E-state index in [-0.39, 0.29) is 10.8 Å². The smallest absolute Gasteiger partial charge is 0.389 e. The first-order chi connectivity index (χ1) is 9.60. The van der Waals surface area contributed by atoms with E-state index in [1.807, 2.05) is 13.8 Å². The number of hydrogen-bond donors (Lipinski definition) is 1. The fraction of sp³-hybridized carbons (Fsp3) is 0.538. The lowest BCUT2D eigenvalue weighted by Crippen LogP contribution is -2.49. The third-order valence-electron chi connectivity index (χ3n) is 3.16. The molecule has 0 unspecified atom stereocenters. The first-order valence-corrected chi connectivity index (χ1v) is 6.78. The van der Waals surface area contributed by atoms with Gasteiger partial charge in [-0.05, 0) is 26.0 Å². The molecule has 0 bridgehead atoms. The van der Waals surface area contributed by atoms with Crippen molar-refractivity contribution in [1.29, 1.82) is 0 Å². The minimum atomic E-state index is -4.51. The Morgan fingerprint density at radius 2 is 2.10 bits per heavy atom. The summed E-state index contributed by atoms with van der Waals surface area (Å²) in [6.07, 6.45) is -4.51. The molecule has 1 saturated heterocycles. The van der Waals surface area contributed by atoms with Gasteiger partial charge in [0.05, 0.1) is 17.8 Å². The largest absolute Gasteiger partial charge is 0.433 e. The van der Waals surface area contributed by atoms with E-state index < -0.39 is 17.5 Å². The Morgan fingerprint density at radius 1 is 1.43 bits per heavy atom. The average molecular weight is 319 g/mol. The summed E-state index contributed by atoms with van der Waals surface area (Å²) in [5.74, 6) is 0.161. The molecule has 2 N–H and O–H groups in total. The van der Waals surface area contributed by atoms with E-state index in [0.717, 1.165) is 6.07 Å². The Balaban J connectivity index is 2.46. The Labute approximate surface area is 126 Å². The molecule has 1 fully saturated rings. The van der Waals surface area contributed by atoms with Crippen LogP contribution in [0.15, 0.2) is 12.1 Å². The Hall–Kier alpha value is -1.41. The molecule has 0 atom stereocenters. The van der Waals surface area contributed by atoms with E-state index in [4.69, 9.17) is 22.7 Å². The van der Waals surface area contributed by atoms with Crippen molar-refractivity contribution in [2.24, 2.45) is 5.73 Å². The van der Waals surface area contributed by atoms with Gasteiger partial charge in [-0.15, -0.1) is 0 Å². The van der Waals surface area contributed by atoms with E-state index in [2.05, 4.69) is 4.98 Å². The lowest BCUT2D eigenvalue weighted by atomic mass is 10.1. The molecule has 21 heavy (non-hydrogen) atoms. The van der Waals surface area contributed by atoms with Gasteiger partial charge in [0.15, 0.2) is 0 Å². The van der Waals surface area contributed by atoms with E-state index in [1.165, 1.54) is 6.07 Å². The number of hydrogen-bond acceptors (Lipinski definition) is 4. The number of anilines is 1. The highest BCUT2D eigenvalue weighted by atomic mass is 32.1. The number of rotatable bonds is 2. The van der Waals surface area contributed by atoms with Crippen LogP contribution < -0.4 is 10.6 Å². The van der Waals surface area contributed by atoms with Crippen LogP contribution >= 0.6 is 12.2 Å². The minimum Gasteiger partial charge on any atom is -0.389 e. The van der Waals surface area contributed by atoms with Gasteiger partial charge in [0, 0.05) is 13.1 Å². The summed E-state index contributed by atoms with van der Waals surface area (Å²) >= 11 is 4.91. The maximum atomic E-state index is 12.9. The third-order valence-corrected chi connectivity index (χ3v) is 3.38. The molecule has 116 valence electrons. The highest BCUT2D eigenvalue weighted by Crippen LogP contribution is 2.32. The van der Waals surface area contributed by atoms with Gasteiger partial charge in [0.25, 0.3) is 0 Å². The monoisotopic (exact) mass is 319 g/mol. The van der Waals surface area contributed by atoms with E-state index in [0.29, 0.717) is 25.3 Å². The van der Waals surface area contributed by atoms with Gasteiger partial charge in [0.2, 0.25) is 0 Å². The molecule has 0 radical (unpaired) electrons. The van der Waals surface area contributed by atoms with Gasteiger partial charge in [-0.2, -0.15) is 13.2 Å². The van der Waals surface area contributed by atoms with Gasteiger partial charge in [-0.1, -0.05) is 12.2 Å². The van der Waals surface area contributed by atoms with Gasteiger partial charge in [-0.3, -0.25) is 0 Å². The number of nitrogens with two attached hydrogens (primary N) is 1. The predicted molar refractivity (Wildman–Crippen MR) is 77.4 cm³/mol. The van der Waals surface area contributed by atoms with Crippen molar-refractivity contribution in [1.82, 2.24) is 4.98 Å². The number of alkyl halides is 3. The zero-order chi connectivity index (χ0) is 15.8. The summed E-state index contributed by atoms with van der Waals surface area (Å²) in [7, 11) is 0. The molecule has 0 saturated carbocycles. The van der Waals surface area contributed by atoms with Crippen LogP contribution in [-0.4, -0.2) is 35.3 Å². The van der Waals surface area contributed by atoms with Crippen LogP contribution in [-0.2, 0) is 10.9 Å². The molecule has 1 aromatic rings. The second-order valence-electron chi connectivity index (χ2n) is 5.46. The molecule has 1 aliphatic rings. The Bertz CT molecular complexity index is 560. The molecular weight excluding hydrogens is 303 g/mol. The fourth-order valence-corrected chi connectivity index (χ4v) is 2.40. The van der Waals surface area contributed by atoms with Gasteiger partial charge in [0.1, 0.15) is 16.5 Å². The minimum absolute atomic E-state index is 0.0236. The van der Waals surface area contributed by atoms with E-state index in [9.17, 15) is 13.2 Å². The van der Waals surface area contributed by atoms with Crippen LogP contribution in [0.25, 0.3) is 0 Å². The number of pyridine rings is 1. The summed E-state index contributed by atoms with van der Waals surface area (Å²) in [5, 5.41) is 0. The average Bonchev–Trinajstić information content (AvgIpc) is 2.35. The number of morpholine rings is 1. The van der Waals surface area contributed by atoms with Crippen LogP contribution in [0.2, 0.25) is 0 Å². The van der Waals surface area contributed by atoms with Gasteiger partial charge >= 0.3 is 6.18 Å². The Kier molecular flexibility index (Phi) is 4.12. The summed E-state index contributed by atoms with van der Waals surface area (Å²) in [6, 6.07) is 2.17. The maximum absolute atomic E-state index is 12.9. The highest BCUT2D eigenvalue weighted by molar-refractivity contribution is 7.80. The van der Waals surface area contributed by atoms with Gasteiger partial charge < -0.3 is 15.4 Å². The van der Waals surface area contributed by atoms with Crippen LogP contribution in [0.5, 0.6) is 0 Å². The molecular formula is C13H16F3N3OS. The molecule has 0 spiro atoms. The fourth-order valence-electron chi connectivity index (χ4n) is 2.24. The topological polar surface area (TPSA) is 51.4 Å². The van der Waals surface area contributed by atoms with E-state index in [1.54, 1.807) is 4.90 Å². The zero-order valence-corrected chi connectivity index (χ0v) is 12.5.